The minimum atomic E-state index is -0.592. The van der Waals surface area contributed by atoms with Gasteiger partial charge in [-0.05, 0) is 35.4 Å². The normalized spacial score (nSPS) is 9.96. The van der Waals surface area contributed by atoms with Crippen molar-refractivity contribution in [2.75, 3.05) is 7.11 Å². The van der Waals surface area contributed by atoms with Gasteiger partial charge in [-0.2, -0.15) is 0 Å². The maximum Gasteiger partial charge on any atom is 0.384 e. The summed E-state index contributed by atoms with van der Waals surface area (Å²) in [7, 11) is 1.27. The predicted molar refractivity (Wildman–Crippen MR) is 90.8 cm³/mol. The summed E-state index contributed by atoms with van der Waals surface area (Å²) in [6, 6.07) is 13.1. The average Bonchev–Trinajstić information content (AvgIpc) is 2.64. The van der Waals surface area contributed by atoms with Crippen molar-refractivity contribution in [2.45, 2.75) is 6.61 Å². The maximum absolute atomic E-state index is 10.9. The van der Waals surface area contributed by atoms with Crippen molar-refractivity contribution in [3.8, 4) is 11.8 Å². The Balaban J connectivity index is 1.86. The summed E-state index contributed by atoms with van der Waals surface area (Å²) < 4.78 is 4.43. The molecular weight excluding hydrogens is 324 g/mol. The Morgan fingerprint density at radius 3 is 2.48 bits per heavy atom. The van der Waals surface area contributed by atoms with Gasteiger partial charge in [-0.1, -0.05) is 23.2 Å². The first-order chi connectivity index (χ1) is 12.1. The van der Waals surface area contributed by atoms with Crippen LogP contribution in [-0.2, 0) is 21.0 Å². The fraction of sp³-hybridized carbons (Fsp3) is 0.111. The van der Waals surface area contributed by atoms with Crippen LogP contribution in [0.5, 0.6) is 0 Å². The van der Waals surface area contributed by atoms with Crippen molar-refractivity contribution >= 4 is 17.9 Å². The summed E-state index contributed by atoms with van der Waals surface area (Å²) in [4.78, 5) is 26.2. The number of hydrogen-bond donors (Lipinski definition) is 0. The van der Waals surface area contributed by atoms with Crippen LogP contribution in [0.3, 0.4) is 0 Å². The van der Waals surface area contributed by atoms with E-state index < -0.39 is 10.9 Å². The predicted octanol–water partition coefficient (Wildman–Crippen LogP) is 2.67. The Bertz CT molecular complexity index is 831. The van der Waals surface area contributed by atoms with Gasteiger partial charge in [0.15, 0.2) is 0 Å². The van der Waals surface area contributed by atoms with Gasteiger partial charge >= 0.3 is 5.97 Å². The number of methoxy groups -OCH3 is 1. The zero-order chi connectivity index (χ0) is 18.1. The first-order valence-corrected chi connectivity index (χ1v) is 7.17. The molecule has 0 unspecified atom stereocenters. The van der Waals surface area contributed by atoms with Crippen LogP contribution in [0.25, 0.3) is 0 Å². The lowest BCUT2D eigenvalue weighted by atomic mass is 10.1. The zero-order valence-electron chi connectivity index (χ0n) is 13.3. The van der Waals surface area contributed by atoms with E-state index in [4.69, 9.17) is 4.84 Å². The number of esters is 1. The number of nitro groups is 1. The highest BCUT2D eigenvalue weighted by Crippen LogP contribution is 2.12. The van der Waals surface area contributed by atoms with E-state index in [9.17, 15) is 14.9 Å². The van der Waals surface area contributed by atoms with E-state index in [1.54, 1.807) is 36.4 Å². The van der Waals surface area contributed by atoms with Crippen molar-refractivity contribution < 1.29 is 19.3 Å². The molecule has 0 aliphatic heterocycles. The molecule has 0 spiro atoms. The second kappa shape index (κ2) is 8.84. The number of benzene rings is 2. The van der Waals surface area contributed by atoms with Gasteiger partial charge in [0.1, 0.15) is 6.61 Å². The van der Waals surface area contributed by atoms with E-state index >= 15 is 0 Å². The number of hydrogen-bond acceptors (Lipinski definition) is 6. The van der Waals surface area contributed by atoms with Crippen LogP contribution in [0.2, 0.25) is 0 Å². The van der Waals surface area contributed by atoms with Crippen LogP contribution in [-0.4, -0.2) is 24.2 Å². The van der Waals surface area contributed by atoms with Crippen LogP contribution in [0.1, 0.15) is 16.7 Å². The summed E-state index contributed by atoms with van der Waals surface area (Å²) in [6.45, 7) is 0.206. The smallest absolute Gasteiger partial charge is 0.384 e. The molecule has 2 aromatic rings. The van der Waals surface area contributed by atoms with E-state index in [2.05, 4.69) is 21.7 Å². The first kappa shape index (κ1) is 17.7. The number of ether oxygens (including phenoxy) is 1. The Kier molecular flexibility index (Phi) is 6.25. The minimum Gasteiger partial charge on any atom is -0.459 e. The monoisotopic (exact) mass is 338 g/mol. The molecule has 0 amide bonds. The van der Waals surface area contributed by atoms with Gasteiger partial charge in [0, 0.05) is 23.6 Å². The number of non-ortho nitro benzene ring substituents is 1. The molecule has 0 aromatic heterocycles. The molecule has 25 heavy (non-hydrogen) atoms. The Labute approximate surface area is 144 Å². The molecule has 0 N–H and O–H groups in total. The molecule has 0 aliphatic rings. The summed E-state index contributed by atoms with van der Waals surface area (Å²) in [5, 5.41) is 14.4. The largest absolute Gasteiger partial charge is 0.459 e. The number of rotatable bonds is 5. The van der Waals surface area contributed by atoms with Crippen molar-refractivity contribution in [2.24, 2.45) is 5.16 Å². The summed E-state index contributed by atoms with van der Waals surface area (Å²) in [5.74, 6) is 4.42. The maximum atomic E-state index is 10.9. The highest BCUT2D eigenvalue weighted by Gasteiger charge is 2.03. The zero-order valence-corrected chi connectivity index (χ0v) is 13.3. The second-order valence-electron chi connectivity index (χ2n) is 4.80. The summed E-state index contributed by atoms with van der Waals surface area (Å²) in [5.41, 5.74) is 2.28. The first-order valence-electron chi connectivity index (χ1n) is 7.17. The molecule has 2 aromatic carbocycles. The molecule has 0 saturated heterocycles. The number of carbonyl (C=O) groups is 1. The second-order valence-corrected chi connectivity index (χ2v) is 4.80. The molecule has 0 aliphatic carbocycles. The molecular formula is C18H14N2O5. The third-order valence-electron chi connectivity index (χ3n) is 3.06. The van der Waals surface area contributed by atoms with Crippen molar-refractivity contribution in [3.05, 3.63) is 75.3 Å². The third-order valence-corrected chi connectivity index (χ3v) is 3.06. The lowest BCUT2D eigenvalue weighted by Crippen LogP contribution is -1.94. The van der Waals surface area contributed by atoms with E-state index in [0.717, 1.165) is 11.1 Å². The van der Waals surface area contributed by atoms with Gasteiger partial charge in [-0.3, -0.25) is 10.1 Å². The van der Waals surface area contributed by atoms with E-state index in [1.807, 2.05) is 0 Å². The molecule has 126 valence electrons. The molecule has 2 rings (SSSR count). The van der Waals surface area contributed by atoms with Crippen LogP contribution >= 0.6 is 0 Å². The summed E-state index contributed by atoms with van der Waals surface area (Å²) in [6.07, 6.45) is 1.53. The topological polar surface area (TPSA) is 91.0 Å². The molecule has 0 atom stereocenters. The molecule has 0 fully saturated rings. The highest BCUT2D eigenvalue weighted by atomic mass is 16.6. The van der Waals surface area contributed by atoms with Crippen LogP contribution < -0.4 is 0 Å². The van der Waals surface area contributed by atoms with Gasteiger partial charge in [0.2, 0.25) is 0 Å². The van der Waals surface area contributed by atoms with Crippen LogP contribution in [0.15, 0.2) is 53.7 Å². The quantitative estimate of drug-likeness (QED) is 0.275. The molecule has 7 nitrogen and oxygen atoms in total. The summed E-state index contributed by atoms with van der Waals surface area (Å²) >= 11 is 0. The highest BCUT2D eigenvalue weighted by molar-refractivity contribution is 5.89. The number of carbonyl (C=O) groups excluding carboxylic acids is 1. The van der Waals surface area contributed by atoms with Crippen LogP contribution in [0, 0.1) is 22.0 Å². The fourth-order valence-electron chi connectivity index (χ4n) is 1.75. The third kappa shape index (κ3) is 5.80. The van der Waals surface area contributed by atoms with Gasteiger partial charge in [-0.15, -0.1) is 0 Å². The Hall–Kier alpha value is -3.66. The average molecular weight is 338 g/mol. The lowest BCUT2D eigenvalue weighted by molar-refractivity contribution is -0.384. The van der Waals surface area contributed by atoms with E-state index in [0.29, 0.717) is 5.56 Å². The van der Waals surface area contributed by atoms with Gasteiger partial charge in [-0.25, -0.2) is 4.79 Å². The molecule has 0 radical (unpaired) electrons. The van der Waals surface area contributed by atoms with E-state index in [-0.39, 0.29) is 12.3 Å². The number of nitrogens with zero attached hydrogens (tertiary/aromatic N) is 2. The van der Waals surface area contributed by atoms with Crippen molar-refractivity contribution in [1.82, 2.24) is 0 Å². The lowest BCUT2D eigenvalue weighted by Gasteiger charge is -1.99. The number of oxime groups is 1. The SMILES string of the molecule is COC(=O)C#Cc1ccc(/C=N/OCc2ccc([N+](=O)[O-])cc2)cc1. The molecule has 0 saturated carbocycles. The standard InChI is InChI=1S/C18H14N2O5/c1-24-18(21)11-8-14-2-4-15(5-3-14)12-19-25-13-16-6-9-17(10-7-16)20(22)23/h2-7,9-10,12H,13H2,1H3/b19-12+. The minimum absolute atomic E-state index is 0.0302. The van der Waals surface area contributed by atoms with E-state index in [1.165, 1.54) is 25.5 Å². The van der Waals surface area contributed by atoms with Crippen LogP contribution in [0.4, 0.5) is 5.69 Å². The fourth-order valence-corrected chi connectivity index (χ4v) is 1.75. The Morgan fingerprint density at radius 1 is 1.20 bits per heavy atom. The molecule has 0 bridgehead atoms. The van der Waals surface area contributed by atoms with Gasteiger partial charge < -0.3 is 9.57 Å². The van der Waals surface area contributed by atoms with Gasteiger partial charge in [0.05, 0.1) is 18.2 Å². The van der Waals surface area contributed by atoms with Crippen molar-refractivity contribution in [3.63, 3.8) is 0 Å². The Morgan fingerprint density at radius 2 is 1.88 bits per heavy atom. The molecule has 0 heterocycles. The van der Waals surface area contributed by atoms with Crippen molar-refractivity contribution in [1.29, 1.82) is 0 Å². The van der Waals surface area contributed by atoms with Gasteiger partial charge in [0.25, 0.3) is 5.69 Å². The molecule has 7 heteroatoms. The number of nitro benzene ring substituents is 1.